The number of ketones is 1. The van der Waals surface area contributed by atoms with E-state index in [2.05, 4.69) is 0 Å². The third-order valence-electron chi connectivity index (χ3n) is 3.94. The molecule has 0 saturated carbocycles. The van der Waals surface area contributed by atoms with Gasteiger partial charge in [0.15, 0.2) is 13.3 Å². The zero-order chi connectivity index (χ0) is 19.9. The lowest BCUT2D eigenvalue weighted by molar-refractivity contribution is 0.0589. The fourth-order valence-corrected chi connectivity index (χ4v) is 6.94. The van der Waals surface area contributed by atoms with E-state index in [9.17, 15) is 13.2 Å². The van der Waals surface area contributed by atoms with Crippen molar-refractivity contribution in [3.63, 3.8) is 0 Å². The summed E-state index contributed by atoms with van der Waals surface area (Å²) in [6, 6.07) is 13.6. The Kier molecular flexibility index (Phi) is 5.39. The van der Waals surface area contributed by atoms with Crippen LogP contribution in [0.2, 0.25) is 19.6 Å². The largest absolute Gasteiger partial charge is 0.395 e. The smallest absolute Gasteiger partial charge is 0.297 e. The molecule has 8 heteroatoms. The first-order valence-corrected chi connectivity index (χ1v) is 14.1. The van der Waals surface area contributed by atoms with Gasteiger partial charge in [0.1, 0.15) is 6.61 Å². The second-order valence-corrected chi connectivity index (χ2v) is 14.8. The van der Waals surface area contributed by atoms with Crippen LogP contribution in [0.25, 0.3) is 0 Å². The number of carbonyl (C=O) groups is 1. The van der Waals surface area contributed by atoms with Crippen molar-refractivity contribution in [1.82, 2.24) is 0 Å². The van der Waals surface area contributed by atoms with Gasteiger partial charge in [-0.2, -0.15) is 8.42 Å². The maximum absolute atomic E-state index is 13.1. The summed E-state index contributed by atoms with van der Waals surface area (Å²) < 4.78 is 36.7. The average molecular weight is 423 g/mol. The van der Waals surface area contributed by atoms with Crippen molar-refractivity contribution in [2.45, 2.75) is 41.3 Å². The molecule has 1 heterocycles. The van der Waals surface area contributed by atoms with E-state index < -0.39 is 23.4 Å². The molecule has 0 aromatic heterocycles. The highest BCUT2D eigenvalue weighted by Crippen LogP contribution is 2.47. The second-order valence-electron chi connectivity index (χ2n) is 7.42. The molecule has 1 aliphatic heterocycles. The van der Waals surface area contributed by atoms with Crippen molar-refractivity contribution in [2.75, 3.05) is 6.61 Å². The molecular weight excluding hydrogens is 400 g/mol. The van der Waals surface area contributed by atoms with Gasteiger partial charge in [0.2, 0.25) is 5.78 Å². The maximum Gasteiger partial charge on any atom is 0.297 e. The van der Waals surface area contributed by atoms with Crippen LogP contribution in [0.5, 0.6) is 0 Å². The molecule has 0 saturated heterocycles. The van der Waals surface area contributed by atoms with Crippen LogP contribution >= 0.6 is 11.8 Å². The van der Waals surface area contributed by atoms with Gasteiger partial charge in [-0.3, -0.25) is 8.98 Å². The Labute approximate surface area is 165 Å². The summed E-state index contributed by atoms with van der Waals surface area (Å²) in [4.78, 5) is 12.5. The third-order valence-corrected chi connectivity index (χ3v) is 7.62. The first-order valence-electron chi connectivity index (χ1n) is 8.52. The lowest BCUT2D eigenvalue weighted by Crippen LogP contribution is -2.47. The zero-order valence-electron chi connectivity index (χ0n) is 15.7. The lowest BCUT2D eigenvalue weighted by atomic mass is 10.1. The highest BCUT2D eigenvalue weighted by Gasteiger charge is 2.51. The number of Topliss-reactive ketones (excluding diaryl/α,β-unsaturated/α-hetero) is 1. The summed E-state index contributed by atoms with van der Waals surface area (Å²) in [5.74, 6) is -0.246. The van der Waals surface area contributed by atoms with Gasteiger partial charge in [-0.1, -0.05) is 47.7 Å². The summed E-state index contributed by atoms with van der Waals surface area (Å²) in [5, 5.41) is 0. The van der Waals surface area contributed by atoms with Crippen LogP contribution in [0.4, 0.5) is 0 Å². The lowest BCUT2D eigenvalue weighted by Gasteiger charge is -2.33. The Morgan fingerprint density at radius 2 is 1.67 bits per heavy atom. The first-order chi connectivity index (χ1) is 12.5. The van der Waals surface area contributed by atoms with Gasteiger partial charge in [-0.05, 0) is 44.8 Å². The second kappa shape index (κ2) is 7.18. The molecule has 144 valence electrons. The summed E-state index contributed by atoms with van der Waals surface area (Å²) >= 11 is 1.23. The Morgan fingerprint density at radius 1 is 1.04 bits per heavy atom. The highest BCUT2D eigenvalue weighted by atomic mass is 32.2. The number of fused-ring (bicyclic) bond motifs is 1. The van der Waals surface area contributed by atoms with Crippen LogP contribution in [-0.2, 0) is 18.7 Å². The number of benzene rings is 2. The fourth-order valence-electron chi connectivity index (χ4n) is 2.79. The first kappa shape index (κ1) is 20.3. The molecule has 1 atom stereocenters. The van der Waals surface area contributed by atoms with Crippen molar-refractivity contribution in [1.29, 1.82) is 0 Å². The summed E-state index contributed by atoms with van der Waals surface area (Å²) in [5.41, 5.74) is 1.49. The van der Waals surface area contributed by atoms with E-state index in [1.807, 2.05) is 38.7 Å². The molecule has 3 rings (SSSR count). The van der Waals surface area contributed by atoms with E-state index in [1.165, 1.54) is 23.9 Å². The van der Waals surface area contributed by atoms with E-state index >= 15 is 0 Å². The standard InChI is InChI=1S/C19H22O5S2Si/c1-14-9-11-15(12-10-14)26(21,22)23-13-19(24-27(2,3)4)18(20)16-7-5-6-8-17(16)25-19/h5-12H,13H2,1-4H3. The fraction of sp³-hybridized carbons (Fsp3) is 0.316. The quantitative estimate of drug-likeness (QED) is 0.512. The minimum absolute atomic E-state index is 0.0595. The van der Waals surface area contributed by atoms with Gasteiger partial charge < -0.3 is 4.43 Å². The average Bonchev–Trinajstić information content (AvgIpc) is 2.85. The SMILES string of the molecule is Cc1ccc(S(=O)(=O)OCC2(O[Si](C)(C)C)Sc3ccccc3C2=O)cc1. The summed E-state index contributed by atoms with van der Waals surface area (Å²) in [7, 11) is -6.17. The van der Waals surface area contributed by atoms with Crippen LogP contribution in [0.1, 0.15) is 15.9 Å². The molecule has 5 nitrogen and oxygen atoms in total. The predicted octanol–water partition coefficient (Wildman–Crippen LogP) is 4.24. The molecule has 1 unspecified atom stereocenters. The molecule has 2 aromatic rings. The number of hydrogen-bond acceptors (Lipinski definition) is 6. The Morgan fingerprint density at radius 3 is 2.26 bits per heavy atom. The minimum Gasteiger partial charge on any atom is -0.395 e. The number of aryl methyl sites for hydroxylation is 1. The summed E-state index contributed by atoms with van der Waals surface area (Å²) in [6.07, 6.45) is 0. The monoisotopic (exact) mass is 422 g/mol. The van der Waals surface area contributed by atoms with Crippen LogP contribution in [-0.4, -0.2) is 34.1 Å². The molecule has 27 heavy (non-hydrogen) atoms. The number of carbonyl (C=O) groups excluding carboxylic acids is 1. The third kappa shape index (κ3) is 4.35. The minimum atomic E-state index is -4.00. The molecule has 0 fully saturated rings. The van der Waals surface area contributed by atoms with Crippen molar-refractivity contribution >= 4 is 36.0 Å². The molecule has 0 radical (unpaired) electrons. The van der Waals surface area contributed by atoms with Crippen LogP contribution < -0.4 is 0 Å². The molecule has 0 amide bonds. The maximum atomic E-state index is 13.1. The van der Waals surface area contributed by atoms with Crippen molar-refractivity contribution < 1.29 is 21.8 Å². The van der Waals surface area contributed by atoms with Crippen molar-refractivity contribution in [3.8, 4) is 0 Å². The van der Waals surface area contributed by atoms with Crippen molar-refractivity contribution in [3.05, 3.63) is 59.7 Å². The topological polar surface area (TPSA) is 69.7 Å². The van der Waals surface area contributed by atoms with Gasteiger partial charge in [0, 0.05) is 10.5 Å². The van der Waals surface area contributed by atoms with Crippen LogP contribution in [0, 0.1) is 6.92 Å². The van der Waals surface area contributed by atoms with E-state index in [4.69, 9.17) is 8.61 Å². The Hall–Kier alpha value is -1.45. The summed E-state index contributed by atoms with van der Waals surface area (Å²) in [6.45, 7) is 7.38. The normalized spacial score (nSPS) is 19.9. The zero-order valence-corrected chi connectivity index (χ0v) is 18.3. The van der Waals surface area contributed by atoms with Gasteiger partial charge in [0.05, 0.1) is 4.90 Å². The van der Waals surface area contributed by atoms with Crippen LogP contribution in [0.3, 0.4) is 0 Å². The van der Waals surface area contributed by atoms with Gasteiger partial charge >= 0.3 is 0 Å². The predicted molar refractivity (Wildman–Crippen MR) is 108 cm³/mol. The van der Waals surface area contributed by atoms with Gasteiger partial charge in [-0.15, -0.1) is 0 Å². The van der Waals surface area contributed by atoms with E-state index in [-0.39, 0.29) is 17.3 Å². The molecule has 1 aliphatic rings. The number of rotatable bonds is 6. The van der Waals surface area contributed by atoms with Crippen molar-refractivity contribution in [2.24, 2.45) is 0 Å². The Balaban J connectivity index is 1.90. The van der Waals surface area contributed by atoms with Gasteiger partial charge in [0.25, 0.3) is 10.1 Å². The molecule has 2 aromatic carbocycles. The number of hydrogen-bond donors (Lipinski definition) is 0. The molecule has 0 N–H and O–H groups in total. The Bertz CT molecular complexity index is 964. The van der Waals surface area contributed by atoms with Gasteiger partial charge in [-0.25, -0.2) is 0 Å². The number of thioether (sulfide) groups is 1. The molecule has 0 bridgehead atoms. The van der Waals surface area contributed by atoms with Crippen LogP contribution in [0.15, 0.2) is 58.3 Å². The molecular formula is C19H22O5S2Si. The molecule has 0 spiro atoms. The molecule has 0 aliphatic carbocycles. The highest BCUT2D eigenvalue weighted by molar-refractivity contribution is 8.02. The van der Waals surface area contributed by atoms with E-state index in [0.717, 1.165) is 10.5 Å². The van der Waals surface area contributed by atoms with E-state index in [0.29, 0.717) is 5.56 Å². The van der Waals surface area contributed by atoms with E-state index in [1.54, 1.807) is 24.3 Å².